The fourth-order valence-corrected chi connectivity index (χ4v) is 3.61. The average Bonchev–Trinajstić information content (AvgIpc) is 2.76. The molecule has 6 heteroatoms. The first-order valence-corrected chi connectivity index (χ1v) is 14.2. The second kappa shape index (κ2) is 10.1. The molecule has 5 nitrogen and oxygen atoms in total. The Hall–Kier alpha value is -2.90. The van der Waals surface area contributed by atoms with Gasteiger partial charge in [-0.05, 0) is 49.5 Å². The van der Waals surface area contributed by atoms with Gasteiger partial charge in [-0.25, -0.2) is 4.98 Å². The summed E-state index contributed by atoms with van der Waals surface area (Å²) in [6.45, 7) is 11.0. The van der Waals surface area contributed by atoms with Gasteiger partial charge < -0.3 is 14.2 Å². The van der Waals surface area contributed by atoms with Gasteiger partial charge in [0.25, 0.3) is 0 Å². The van der Waals surface area contributed by atoms with Gasteiger partial charge in [-0.1, -0.05) is 43.8 Å². The van der Waals surface area contributed by atoms with Gasteiger partial charge in [-0.15, -0.1) is 5.54 Å². The third-order valence-electron chi connectivity index (χ3n) is 4.61. The summed E-state index contributed by atoms with van der Waals surface area (Å²) in [6.07, 6.45) is 0.393. The van der Waals surface area contributed by atoms with Crippen molar-refractivity contribution in [2.24, 2.45) is 0 Å². The van der Waals surface area contributed by atoms with Crippen LogP contribution in [-0.2, 0) is 24.6 Å². The van der Waals surface area contributed by atoms with E-state index in [0.717, 1.165) is 17.5 Å². The Kier molecular flexibility index (Phi) is 7.53. The standard InChI is InChI=1S/C26H29NO4Si/c1-20(28)31-26(2,22-10-6-9-21(19-22)14-18-32(3,4)5)15-13-23-11-7-12-24(27-23)25-29-16-8-17-30-25/h6-7,9-12,19,25H,8,16-17H2,1-5H3. The van der Waals surface area contributed by atoms with E-state index in [9.17, 15) is 4.79 Å². The van der Waals surface area contributed by atoms with Crippen molar-refractivity contribution in [2.45, 2.75) is 51.8 Å². The fourth-order valence-electron chi connectivity index (χ4n) is 3.09. The molecule has 1 aliphatic rings. The monoisotopic (exact) mass is 447 g/mol. The number of hydrogen-bond donors (Lipinski definition) is 0. The molecule has 0 spiro atoms. The molecule has 1 aliphatic heterocycles. The van der Waals surface area contributed by atoms with E-state index in [-0.39, 0.29) is 0 Å². The minimum Gasteiger partial charge on any atom is -0.442 e. The van der Waals surface area contributed by atoms with E-state index in [0.29, 0.717) is 24.6 Å². The van der Waals surface area contributed by atoms with Crippen molar-refractivity contribution in [1.29, 1.82) is 0 Å². The van der Waals surface area contributed by atoms with E-state index in [4.69, 9.17) is 14.2 Å². The maximum Gasteiger partial charge on any atom is 0.304 e. The summed E-state index contributed by atoms with van der Waals surface area (Å²) in [5, 5.41) is 0. The Morgan fingerprint density at radius 2 is 1.84 bits per heavy atom. The number of hydrogen-bond acceptors (Lipinski definition) is 5. The number of nitrogens with zero attached hydrogens (tertiary/aromatic N) is 1. The van der Waals surface area contributed by atoms with E-state index >= 15 is 0 Å². The number of ether oxygens (including phenoxy) is 3. The Labute approximate surface area is 191 Å². The first-order chi connectivity index (χ1) is 15.1. The van der Waals surface area contributed by atoms with Gasteiger partial charge >= 0.3 is 5.97 Å². The minimum absolute atomic E-state index is 0.411. The molecule has 0 radical (unpaired) electrons. The normalized spacial score (nSPS) is 16.0. The van der Waals surface area contributed by atoms with Crippen molar-refractivity contribution >= 4 is 14.0 Å². The zero-order valence-electron chi connectivity index (χ0n) is 19.3. The van der Waals surface area contributed by atoms with Crippen LogP contribution < -0.4 is 0 Å². The lowest BCUT2D eigenvalue weighted by molar-refractivity contribution is -0.185. The molecule has 2 heterocycles. The minimum atomic E-state index is -1.51. The number of benzene rings is 1. The molecule has 32 heavy (non-hydrogen) atoms. The zero-order chi connectivity index (χ0) is 23.2. The predicted octanol–water partition coefficient (Wildman–Crippen LogP) is 4.58. The van der Waals surface area contributed by atoms with Crippen LogP contribution in [0.15, 0.2) is 42.5 Å². The molecule has 2 aromatic rings. The highest BCUT2D eigenvalue weighted by Gasteiger charge is 2.28. The van der Waals surface area contributed by atoms with E-state index in [1.807, 2.05) is 42.5 Å². The highest BCUT2D eigenvalue weighted by atomic mass is 28.3. The quantitative estimate of drug-likeness (QED) is 0.392. The van der Waals surface area contributed by atoms with Crippen LogP contribution in [0.1, 0.15) is 49.1 Å². The third kappa shape index (κ3) is 6.80. The molecule has 1 atom stereocenters. The van der Waals surface area contributed by atoms with E-state index in [2.05, 4.69) is 47.9 Å². The van der Waals surface area contributed by atoms with Gasteiger partial charge in [0.15, 0.2) is 5.60 Å². The molecule has 1 unspecified atom stereocenters. The number of aromatic nitrogens is 1. The number of esters is 1. The molecule has 1 saturated heterocycles. The van der Waals surface area contributed by atoms with Crippen LogP contribution in [0.25, 0.3) is 0 Å². The number of pyridine rings is 1. The Morgan fingerprint density at radius 3 is 2.53 bits per heavy atom. The number of carbonyl (C=O) groups is 1. The summed E-state index contributed by atoms with van der Waals surface area (Å²) < 4.78 is 16.9. The SMILES string of the molecule is CC(=O)OC(C)(C#Cc1cccc(C2OCCCO2)n1)c1cccc(C#C[Si](C)(C)C)c1. The summed E-state index contributed by atoms with van der Waals surface area (Å²) >= 11 is 0. The topological polar surface area (TPSA) is 57.7 Å². The average molecular weight is 448 g/mol. The zero-order valence-corrected chi connectivity index (χ0v) is 20.3. The Balaban J connectivity index is 1.93. The Morgan fingerprint density at radius 1 is 1.12 bits per heavy atom. The van der Waals surface area contributed by atoms with Crippen molar-refractivity contribution in [3.05, 3.63) is 65.0 Å². The smallest absolute Gasteiger partial charge is 0.304 e. The van der Waals surface area contributed by atoms with Crippen LogP contribution in [-0.4, -0.2) is 32.2 Å². The molecular formula is C26H29NO4Si. The van der Waals surface area contributed by atoms with Gasteiger partial charge in [0.05, 0.1) is 18.9 Å². The molecule has 0 aliphatic carbocycles. The van der Waals surface area contributed by atoms with Crippen molar-refractivity contribution in [2.75, 3.05) is 13.2 Å². The molecule has 3 rings (SSSR count). The highest BCUT2D eigenvalue weighted by Crippen LogP contribution is 2.26. The maximum atomic E-state index is 11.9. The molecular weight excluding hydrogens is 418 g/mol. The van der Waals surface area contributed by atoms with Crippen LogP contribution in [0, 0.1) is 23.3 Å². The molecule has 1 fully saturated rings. The van der Waals surface area contributed by atoms with Crippen LogP contribution >= 0.6 is 0 Å². The van der Waals surface area contributed by atoms with Crippen LogP contribution in [0.5, 0.6) is 0 Å². The molecule has 0 bridgehead atoms. The molecule has 0 saturated carbocycles. The number of rotatable bonds is 3. The van der Waals surface area contributed by atoms with Crippen LogP contribution in [0.3, 0.4) is 0 Å². The van der Waals surface area contributed by atoms with Gasteiger partial charge in [-0.3, -0.25) is 4.79 Å². The van der Waals surface area contributed by atoms with Gasteiger partial charge in [0.1, 0.15) is 13.8 Å². The first-order valence-electron chi connectivity index (χ1n) is 10.7. The lowest BCUT2D eigenvalue weighted by Crippen LogP contribution is -2.26. The molecule has 1 aromatic heterocycles. The summed E-state index contributed by atoms with van der Waals surface area (Å²) in [4.78, 5) is 16.5. The van der Waals surface area contributed by atoms with E-state index < -0.39 is 25.9 Å². The van der Waals surface area contributed by atoms with E-state index in [1.54, 1.807) is 6.92 Å². The lowest BCUT2D eigenvalue weighted by Gasteiger charge is -2.24. The number of carbonyl (C=O) groups excluding carboxylic acids is 1. The molecule has 0 amide bonds. The highest BCUT2D eigenvalue weighted by molar-refractivity contribution is 6.83. The van der Waals surface area contributed by atoms with Gasteiger partial charge in [-0.2, -0.15) is 0 Å². The fraction of sp³-hybridized carbons (Fsp3) is 0.385. The summed E-state index contributed by atoms with van der Waals surface area (Å²) in [7, 11) is -1.51. The lowest BCUT2D eigenvalue weighted by atomic mass is 9.94. The maximum absolute atomic E-state index is 11.9. The Bertz CT molecular complexity index is 1090. The molecule has 166 valence electrons. The van der Waals surface area contributed by atoms with E-state index in [1.165, 1.54) is 6.92 Å². The van der Waals surface area contributed by atoms with Gasteiger partial charge in [0.2, 0.25) is 6.29 Å². The molecule has 0 N–H and O–H groups in total. The molecule has 1 aromatic carbocycles. The van der Waals surface area contributed by atoms with Crippen molar-refractivity contribution in [3.8, 4) is 23.3 Å². The van der Waals surface area contributed by atoms with Crippen molar-refractivity contribution in [3.63, 3.8) is 0 Å². The largest absolute Gasteiger partial charge is 0.442 e. The van der Waals surface area contributed by atoms with Crippen LogP contribution in [0.4, 0.5) is 0 Å². The van der Waals surface area contributed by atoms with Crippen LogP contribution in [0.2, 0.25) is 19.6 Å². The second-order valence-electron chi connectivity index (χ2n) is 8.83. The third-order valence-corrected chi connectivity index (χ3v) is 5.49. The summed E-state index contributed by atoms with van der Waals surface area (Å²) in [5.41, 5.74) is 5.08. The van der Waals surface area contributed by atoms with Gasteiger partial charge in [0, 0.05) is 18.1 Å². The summed E-state index contributed by atoms with van der Waals surface area (Å²) in [6, 6.07) is 13.2. The van der Waals surface area contributed by atoms with Crippen molar-refractivity contribution < 1.29 is 19.0 Å². The van der Waals surface area contributed by atoms with Crippen molar-refractivity contribution in [1.82, 2.24) is 4.98 Å². The summed E-state index contributed by atoms with van der Waals surface area (Å²) in [5.74, 6) is 9.02. The predicted molar refractivity (Wildman–Crippen MR) is 126 cm³/mol. The first kappa shape index (κ1) is 23.8. The second-order valence-corrected chi connectivity index (χ2v) is 13.6.